The molecule has 2 rings (SSSR count). The fraction of sp³-hybridized carbons (Fsp3) is 0.625. The molecule has 1 aliphatic rings. The molecule has 0 saturated heterocycles. The van der Waals surface area contributed by atoms with E-state index in [1.54, 1.807) is 12.1 Å². The van der Waals surface area contributed by atoms with Crippen molar-refractivity contribution in [3.63, 3.8) is 0 Å². The van der Waals surface area contributed by atoms with Crippen molar-refractivity contribution in [2.45, 2.75) is 51.5 Å². The molecule has 1 fully saturated rings. The van der Waals surface area contributed by atoms with Crippen LogP contribution in [0.15, 0.2) is 24.3 Å². The maximum Gasteiger partial charge on any atom is 0.272 e. The van der Waals surface area contributed by atoms with Gasteiger partial charge in [0, 0.05) is 17.7 Å². The molecule has 0 atom stereocenters. The van der Waals surface area contributed by atoms with Crippen LogP contribution in [-0.4, -0.2) is 17.5 Å². The largest absolute Gasteiger partial charge is 0.314 e. The van der Waals surface area contributed by atoms with Gasteiger partial charge in [-0.05, 0) is 44.6 Å². The van der Waals surface area contributed by atoms with Crippen LogP contribution < -0.4 is 5.32 Å². The number of nitro benzene ring substituents is 1. The van der Waals surface area contributed by atoms with E-state index in [2.05, 4.69) is 12.2 Å². The zero-order valence-corrected chi connectivity index (χ0v) is 12.2. The Balaban J connectivity index is 1.78. The number of nitro groups is 1. The molecule has 0 spiro atoms. The minimum atomic E-state index is -0.290. The zero-order valence-electron chi connectivity index (χ0n) is 12.2. The lowest BCUT2D eigenvalue weighted by Crippen LogP contribution is -2.34. The van der Waals surface area contributed by atoms with Crippen LogP contribution in [0.4, 0.5) is 5.69 Å². The maximum atomic E-state index is 10.9. The molecule has 1 N–H and O–H groups in total. The molecule has 20 heavy (non-hydrogen) atoms. The molecule has 1 aliphatic carbocycles. The quantitative estimate of drug-likeness (QED) is 0.636. The molecule has 0 unspecified atom stereocenters. The highest BCUT2D eigenvalue weighted by molar-refractivity contribution is 5.39. The van der Waals surface area contributed by atoms with Crippen LogP contribution in [0.25, 0.3) is 0 Å². The van der Waals surface area contributed by atoms with E-state index in [4.69, 9.17) is 0 Å². The summed E-state index contributed by atoms with van der Waals surface area (Å²) in [5, 5.41) is 14.5. The molecule has 0 bridgehead atoms. The van der Waals surface area contributed by atoms with Crippen LogP contribution in [0.1, 0.15) is 44.6 Å². The Morgan fingerprint density at radius 1 is 1.25 bits per heavy atom. The van der Waals surface area contributed by atoms with Gasteiger partial charge in [-0.2, -0.15) is 0 Å². The molecule has 0 heterocycles. The van der Waals surface area contributed by atoms with Crippen LogP contribution in [0, 0.1) is 16.0 Å². The molecule has 1 saturated carbocycles. The third-order valence-corrected chi connectivity index (χ3v) is 4.44. The lowest BCUT2D eigenvalue weighted by atomic mass is 9.84. The zero-order chi connectivity index (χ0) is 14.4. The monoisotopic (exact) mass is 276 g/mol. The molecular formula is C16H24N2O2. The van der Waals surface area contributed by atoms with E-state index in [9.17, 15) is 10.1 Å². The predicted octanol–water partition coefficient (Wildman–Crippen LogP) is 3.70. The summed E-state index contributed by atoms with van der Waals surface area (Å²) in [6.45, 7) is 3.10. The van der Waals surface area contributed by atoms with Gasteiger partial charge in [0.2, 0.25) is 0 Å². The van der Waals surface area contributed by atoms with Crippen molar-refractivity contribution in [3.8, 4) is 0 Å². The Kier molecular flexibility index (Phi) is 5.53. The Labute approximate surface area is 120 Å². The van der Waals surface area contributed by atoms with Gasteiger partial charge in [0.25, 0.3) is 5.69 Å². The molecule has 110 valence electrons. The lowest BCUT2D eigenvalue weighted by Gasteiger charge is -2.28. The number of benzene rings is 1. The summed E-state index contributed by atoms with van der Waals surface area (Å²) in [4.78, 5) is 10.7. The van der Waals surface area contributed by atoms with Gasteiger partial charge < -0.3 is 5.32 Å². The second-order valence-corrected chi connectivity index (χ2v) is 5.72. The first-order valence-electron chi connectivity index (χ1n) is 7.66. The van der Waals surface area contributed by atoms with Gasteiger partial charge in [-0.25, -0.2) is 0 Å². The van der Waals surface area contributed by atoms with Gasteiger partial charge in [0.15, 0.2) is 0 Å². The van der Waals surface area contributed by atoms with Crippen molar-refractivity contribution in [2.24, 2.45) is 5.92 Å². The molecule has 1 aromatic carbocycles. The van der Waals surface area contributed by atoms with E-state index in [0.717, 1.165) is 24.4 Å². The highest BCUT2D eigenvalue weighted by Crippen LogP contribution is 2.26. The molecule has 0 radical (unpaired) electrons. The van der Waals surface area contributed by atoms with Gasteiger partial charge in [0.05, 0.1) is 4.92 Å². The summed E-state index contributed by atoms with van der Waals surface area (Å²) < 4.78 is 0. The second kappa shape index (κ2) is 7.39. The Morgan fingerprint density at radius 3 is 2.60 bits per heavy atom. The summed E-state index contributed by atoms with van der Waals surface area (Å²) >= 11 is 0. The summed E-state index contributed by atoms with van der Waals surface area (Å²) in [6.07, 6.45) is 7.15. The first kappa shape index (κ1) is 15.0. The van der Waals surface area contributed by atoms with Crippen LogP contribution in [0.2, 0.25) is 0 Å². The smallest absolute Gasteiger partial charge is 0.272 e. The maximum absolute atomic E-state index is 10.9. The van der Waals surface area contributed by atoms with Crippen LogP contribution in [0.5, 0.6) is 0 Å². The van der Waals surface area contributed by atoms with Crippen molar-refractivity contribution in [1.29, 1.82) is 0 Å². The van der Waals surface area contributed by atoms with Crippen molar-refractivity contribution in [1.82, 2.24) is 5.32 Å². The topological polar surface area (TPSA) is 55.2 Å². The van der Waals surface area contributed by atoms with Crippen molar-refractivity contribution >= 4 is 5.69 Å². The molecule has 4 nitrogen and oxygen atoms in total. The van der Waals surface area contributed by atoms with Gasteiger partial charge in [-0.15, -0.1) is 0 Å². The summed E-state index contributed by atoms with van der Waals surface area (Å²) in [5.74, 6) is 0.906. The average molecular weight is 276 g/mol. The third-order valence-electron chi connectivity index (χ3n) is 4.44. The number of nitrogens with zero attached hydrogens (tertiary/aromatic N) is 1. The van der Waals surface area contributed by atoms with Gasteiger partial charge >= 0.3 is 0 Å². The standard InChI is InChI=1S/C16H24N2O2/c1-2-13-7-9-15(10-8-13)17-12-11-14-5-3-4-6-16(14)18(19)20/h3-6,13,15,17H,2,7-12H2,1H3. The molecule has 1 aromatic rings. The number of para-hydroxylation sites is 1. The molecule has 0 aliphatic heterocycles. The Morgan fingerprint density at radius 2 is 1.95 bits per heavy atom. The fourth-order valence-electron chi connectivity index (χ4n) is 3.09. The minimum Gasteiger partial charge on any atom is -0.314 e. The number of hydrogen-bond acceptors (Lipinski definition) is 3. The minimum absolute atomic E-state index is 0.240. The van der Waals surface area contributed by atoms with Crippen molar-refractivity contribution in [2.75, 3.05) is 6.54 Å². The van der Waals surface area contributed by atoms with E-state index in [0.29, 0.717) is 6.04 Å². The highest BCUT2D eigenvalue weighted by atomic mass is 16.6. The first-order chi connectivity index (χ1) is 9.70. The molecule has 0 aromatic heterocycles. The predicted molar refractivity (Wildman–Crippen MR) is 80.8 cm³/mol. The molecule has 4 heteroatoms. The summed E-state index contributed by atoms with van der Waals surface area (Å²) in [7, 11) is 0. The van der Waals surface area contributed by atoms with E-state index in [1.165, 1.54) is 32.1 Å². The Hall–Kier alpha value is -1.42. The third kappa shape index (κ3) is 4.04. The van der Waals surface area contributed by atoms with Crippen molar-refractivity contribution in [3.05, 3.63) is 39.9 Å². The van der Waals surface area contributed by atoms with Gasteiger partial charge in [0.1, 0.15) is 0 Å². The Bertz CT molecular complexity index is 440. The normalized spacial score (nSPS) is 22.6. The van der Waals surface area contributed by atoms with Crippen molar-refractivity contribution < 1.29 is 4.92 Å². The molecular weight excluding hydrogens is 252 g/mol. The first-order valence-corrected chi connectivity index (χ1v) is 7.66. The van der Waals surface area contributed by atoms with E-state index in [1.807, 2.05) is 12.1 Å². The average Bonchev–Trinajstić information content (AvgIpc) is 2.48. The van der Waals surface area contributed by atoms with E-state index in [-0.39, 0.29) is 10.6 Å². The SMILES string of the molecule is CCC1CCC(NCCc2ccccc2[N+](=O)[O-])CC1. The highest BCUT2D eigenvalue weighted by Gasteiger charge is 2.19. The van der Waals surface area contributed by atoms with Gasteiger partial charge in [-0.1, -0.05) is 31.5 Å². The summed E-state index contributed by atoms with van der Waals surface area (Å²) in [5.41, 5.74) is 1.07. The number of rotatable bonds is 6. The van der Waals surface area contributed by atoms with E-state index >= 15 is 0 Å². The van der Waals surface area contributed by atoms with Crippen LogP contribution in [-0.2, 0) is 6.42 Å². The van der Waals surface area contributed by atoms with Gasteiger partial charge in [-0.3, -0.25) is 10.1 Å². The number of nitrogens with one attached hydrogen (secondary N) is 1. The van der Waals surface area contributed by atoms with Crippen LogP contribution in [0.3, 0.4) is 0 Å². The lowest BCUT2D eigenvalue weighted by molar-refractivity contribution is -0.385. The second-order valence-electron chi connectivity index (χ2n) is 5.72. The fourth-order valence-corrected chi connectivity index (χ4v) is 3.09. The molecule has 0 amide bonds. The van der Waals surface area contributed by atoms with Crippen LogP contribution >= 0.6 is 0 Å². The summed E-state index contributed by atoms with van der Waals surface area (Å²) in [6, 6.07) is 7.63. The van der Waals surface area contributed by atoms with E-state index < -0.39 is 0 Å². The number of hydrogen-bond donors (Lipinski definition) is 1.